The van der Waals surface area contributed by atoms with Crippen molar-refractivity contribution < 1.29 is 23.4 Å². The number of nitro benzene ring substituents is 1. The molecule has 1 heterocycles. The second-order valence-corrected chi connectivity index (χ2v) is 3.56. The molecule has 0 aliphatic carbocycles. The van der Waals surface area contributed by atoms with Gasteiger partial charge in [-0.2, -0.15) is 4.98 Å². The Labute approximate surface area is 111 Å². The van der Waals surface area contributed by atoms with Crippen molar-refractivity contribution in [3.8, 4) is 11.4 Å². The van der Waals surface area contributed by atoms with Crippen LogP contribution in [0.2, 0.25) is 0 Å². The lowest BCUT2D eigenvalue weighted by Crippen LogP contribution is -2.04. The highest BCUT2D eigenvalue weighted by Crippen LogP contribution is 2.28. The van der Waals surface area contributed by atoms with Gasteiger partial charge in [0.1, 0.15) is 11.4 Å². The van der Waals surface area contributed by atoms with Crippen LogP contribution >= 0.6 is 0 Å². The first-order valence-corrected chi connectivity index (χ1v) is 5.48. The molecule has 104 valence electrons. The van der Waals surface area contributed by atoms with Gasteiger partial charge in [-0.25, -0.2) is 9.18 Å². The number of benzene rings is 1. The van der Waals surface area contributed by atoms with E-state index in [2.05, 4.69) is 19.4 Å². The van der Waals surface area contributed by atoms with E-state index in [9.17, 15) is 19.3 Å². The van der Waals surface area contributed by atoms with Crippen molar-refractivity contribution in [3.63, 3.8) is 0 Å². The van der Waals surface area contributed by atoms with Crippen LogP contribution in [0.4, 0.5) is 10.1 Å². The lowest BCUT2D eigenvalue weighted by Gasteiger charge is -1.97. The molecular weight excluding hydrogens is 273 g/mol. The number of ether oxygens (including phenoxy) is 1. The topological polar surface area (TPSA) is 108 Å². The fourth-order valence-corrected chi connectivity index (χ4v) is 1.45. The first-order chi connectivity index (χ1) is 9.52. The van der Waals surface area contributed by atoms with Crippen LogP contribution in [-0.4, -0.2) is 27.6 Å². The number of halogens is 1. The van der Waals surface area contributed by atoms with Crippen LogP contribution in [0.15, 0.2) is 22.7 Å². The lowest BCUT2D eigenvalue weighted by molar-refractivity contribution is -0.384. The number of aromatic nitrogens is 2. The molecule has 0 aliphatic rings. The highest BCUT2D eigenvalue weighted by atomic mass is 19.1. The third-order valence-electron chi connectivity index (χ3n) is 2.27. The van der Waals surface area contributed by atoms with Gasteiger partial charge in [-0.15, -0.1) is 0 Å². The Balaban J connectivity index is 2.42. The van der Waals surface area contributed by atoms with Gasteiger partial charge < -0.3 is 9.26 Å². The first-order valence-electron chi connectivity index (χ1n) is 5.48. The van der Waals surface area contributed by atoms with Crippen LogP contribution in [-0.2, 0) is 4.74 Å². The van der Waals surface area contributed by atoms with Gasteiger partial charge in [0, 0.05) is 0 Å². The summed E-state index contributed by atoms with van der Waals surface area (Å²) in [6.45, 7) is 1.72. The van der Waals surface area contributed by atoms with Crippen LogP contribution in [0.3, 0.4) is 0 Å². The molecule has 0 aliphatic heterocycles. The van der Waals surface area contributed by atoms with Crippen LogP contribution in [0.25, 0.3) is 11.4 Å². The van der Waals surface area contributed by atoms with Crippen LogP contribution < -0.4 is 0 Å². The number of esters is 1. The van der Waals surface area contributed by atoms with E-state index < -0.39 is 28.3 Å². The maximum absolute atomic E-state index is 13.0. The second kappa shape index (κ2) is 5.43. The molecule has 9 heteroatoms. The normalized spacial score (nSPS) is 10.3. The molecule has 0 N–H and O–H groups in total. The van der Waals surface area contributed by atoms with Crippen LogP contribution in [0.5, 0.6) is 0 Å². The number of nitro groups is 1. The highest BCUT2D eigenvalue weighted by molar-refractivity contribution is 5.84. The van der Waals surface area contributed by atoms with E-state index in [1.807, 2.05) is 0 Å². The molecule has 2 aromatic rings. The zero-order chi connectivity index (χ0) is 14.7. The summed E-state index contributed by atoms with van der Waals surface area (Å²) < 4.78 is 22.3. The van der Waals surface area contributed by atoms with Gasteiger partial charge in [-0.05, 0) is 19.1 Å². The van der Waals surface area contributed by atoms with Gasteiger partial charge in [0.05, 0.1) is 17.6 Å². The predicted molar refractivity (Wildman–Crippen MR) is 62.3 cm³/mol. The summed E-state index contributed by atoms with van der Waals surface area (Å²) in [5.74, 6) is -2.23. The van der Waals surface area contributed by atoms with Crippen molar-refractivity contribution >= 4 is 11.7 Å². The molecule has 0 bridgehead atoms. The van der Waals surface area contributed by atoms with Gasteiger partial charge in [0.2, 0.25) is 5.82 Å². The summed E-state index contributed by atoms with van der Waals surface area (Å²) in [4.78, 5) is 25.1. The van der Waals surface area contributed by atoms with Crippen LogP contribution in [0, 0.1) is 15.9 Å². The van der Waals surface area contributed by atoms with E-state index in [1.165, 1.54) is 0 Å². The molecule has 0 atom stereocenters. The molecule has 0 radical (unpaired) electrons. The number of rotatable bonds is 4. The number of nitrogens with zero attached hydrogens (tertiary/aromatic N) is 3. The molecule has 0 saturated carbocycles. The van der Waals surface area contributed by atoms with E-state index in [4.69, 9.17) is 0 Å². The van der Waals surface area contributed by atoms with E-state index >= 15 is 0 Å². The third-order valence-corrected chi connectivity index (χ3v) is 2.27. The summed E-state index contributed by atoms with van der Waals surface area (Å²) in [7, 11) is 0. The monoisotopic (exact) mass is 281 g/mol. The molecule has 0 amide bonds. The van der Waals surface area contributed by atoms with Gasteiger partial charge >= 0.3 is 11.9 Å². The molecule has 0 saturated heterocycles. The maximum atomic E-state index is 13.0. The average molecular weight is 281 g/mol. The first kappa shape index (κ1) is 13.6. The molecule has 0 unspecified atom stereocenters. The van der Waals surface area contributed by atoms with E-state index in [1.54, 1.807) is 6.92 Å². The Kier molecular flexibility index (Phi) is 3.69. The van der Waals surface area contributed by atoms with Gasteiger partial charge in [-0.3, -0.25) is 10.1 Å². The predicted octanol–water partition coefficient (Wildman–Crippen LogP) is 1.96. The quantitative estimate of drug-likeness (QED) is 0.478. The molecule has 8 nitrogen and oxygen atoms in total. The Morgan fingerprint density at radius 3 is 2.95 bits per heavy atom. The maximum Gasteiger partial charge on any atom is 0.397 e. The van der Waals surface area contributed by atoms with Crippen molar-refractivity contribution in [1.29, 1.82) is 0 Å². The summed E-state index contributed by atoms with van der Waals surface area (Å²) in [5, 5.41) is 14.3. The Bertz CT molecular complexity index is 670. The van der Waals surface area contributed by atoms with Crippen molar-refractivity contribution in [1.82, 2.24) is 10.1 Å². The largest absolute Gasteiger partial charge is 0.459 e. The van der Waals surface area contributed by atoms with Gasteiger partial charge in [0.25, 0.3) is 5.69 Å². The second-order valence-electron chi connectivity index (χ2n) is 3.56. The fraction of sp³-hybridized carbons (Fsp3) is 0.182. The number of hydrogen-bond donors (Lipinski definition) is 0. The molecule has 20 heavy (non-hydrogen) atoms. The molecular formula is C11H8FN3O5. The number of hydrogen-bond acceptors (Lipinski definition) is 7. The Morgan fingerprint density at radius 1 is 1.55 bits per heavy atom. The van der Waals surface area contributed by atoms with Gasteiger partial charge in [0.15, 0.2) is 0 Å². The summed E-state index contributed by atoms with van der Waals surface area (Å²) in [6.07, 6.45) is 0. The fourth-order valence-electron chi connectivity index (χ4n) is 1.45. The molecule has 0 spiro atoms. The SMILES string of the molecule is CCOC(=O)c1nc(-c2ccc(F)cc2[N+](=O)[O-])no1. The lowest BCUT2D eigenvalue weighted by atomic mass is 10.1. The van der Waals surface area contributed by atoms with E-state index in [0.29, 0.717) is 0 Å². The standard InChI is InChI=1S/C11H8FN3O5/c1-2-19-11(16)10-13-9(14-20-10)7-4-3-6(12)5-8(7)15(17)18/h3-5H,2H2,1H3. The molecule has 2 rings (SSSR count). The third kappa shape index (κ3) is 2.60. The summed E-state index contributed by atoms with van der Waals surface area (Å²) in [5.41, 5.74) is -0.586. The number of carbonyl (C=O) groups excluding carboxylic acids is 1. The Morgan fingerprint density at radius 2 is 2.30 bits per heavy atom. The molecule has 1 aromatic carbocycles. The van der Waals surface area contributed by atoms with E-state index in [0.717, 1.165) is 18.2 Å². The van der Waals surface area contributed by atoms with E-state index in [-0.39, 0.29) is 18.0 Å². The van der Waals surface area contributed by atoms with Crippen molar-refractivity contribution in [3.05, 3.63) is 40.0 Å². The zero-order valence-corrected chi connectivity index (χ0v) is 10.2. The minimum Gasteiger partial charge on any atom is -0.459 e. The smallest absolute Gasteiger partial charge is 0.397 e. The average Bonchev–Trinajstić information content (AvgIpc) is 2.88. The molecule has 1 aromatic heterocycles. The summed E-state index contributed by atoms with van der Waals surface area (Å²) in [6, 6.07) is 2.88. The zero-order valence-electron chi connectivity index (χ0n) is 10.2. The van der Waals surface area contributed by atoms with Crippen molar-refractivity contribution in [2.45, 2.75) is 6.92 Å². The highest BCUT2D eigenvalue weighted by Gasteiger charge is 2.23. The molecule has 0 fully saturated rings. The minimum atomic E-state index is -0.837. The van der Waals surface area contributed by atoms with Crippen molar-refractivity contribution in [2.24, 2.45) is 0 Å². The van der Waals surface area contributed by atoms with Crippen LogP contribution in [0.1, 0.15) is 17.6 Å². The van der Waals surface area contributed by atoms with Gasteiger partial charge in [-0.1, -0.05) is 5.16 Å². The summed E-state index contributed by atoms with van der Waals surface area (Å²) >= 11 is 0. The number of carbonyl (C=O) groups is 1. The van der Waals surface area contributed by atoms with Crippen molar-refractivity contribution in [2.75, 3.05) is 6.61 Å². The Hall–Kier alpha value is -2.84. The minimum absolute atomic E-state index is 0.0595.